The lowest BCUT2D eigenvalue weighted by molar-refractivity contribution is -0.119. The predicted octanol–water partition coefficient (Wildman–Crippen LogP) is 2.51. The number of ether oxygens (including phenoxy) is 1. The van der Waals surface area contributed by atoms with Crippen LogP contribution in [0.25, 0.3) is 0 Å². The summed E-state index contributed by atoms with van der Waals surface area (Å²) in [6.45, 7) is 1.59. The fourth-order valence-corrected chi connectivity index (χ4v) is 1.85. The first-order chi connectivity index (χ1) is 10.1. The normalized spacial score (nSPS) is 12.8. The topological polar surface area (TPSA) is 75.0 Å². The van der Waals surface area contributed by atoms with Gasteiger partial charge < -0.3 is 10.1 Å². The summed E-state index contributed by atoms with van der Waals surface area (Å²) in [6, 6.07) is 14.3. The number of hydrogen-bond donors (Lipinski definition) is 1. The van der Waals surface area contributed by atoms with Crippen LogP contribution in [0.5, 0.6) is 5.88 Å². The van der Waals surface area contributed by atoms with Crippen molar-refractivity contribution >= 4 is 11.6 Å². The van der Waals surface area contributed by atoms with Gasteiger partial charge in [-0.25, -0.2) is 4.98 Å². The smallest absolute Gasteiger partial charge is 0.249 e. The third kappa shape index (κ3) is 3.00. The second-order valence-electron chi connectivity index (χ2n) is 4.65. The number of methoxy groups -OCH3 is 1. The van der Waals surface area contributed by atoms with E-state index < -0.39 is 11.3 Å². The highest BCUT2D eigenvalue weighted by atomic mass is 16.5. The van der Waals surface area contributed by atoms with Gasteiger partial charge >= 0.3 is 0 Å². The van der Waals surface area contributed by atoms with Crippen LogP contribution in [0, 0.1) is 11.3 Å². The molecule has 21 heavy (non-hydrogen) atoms. The number of hydrogen-bond acceptors (Lipinski definition) is 4. The van der Waals surface area contributed by atoms with Crippen molar-refractivity contribution in [2.24, 2.45) is 0 Å². The van der Waals surface area contributed by atoms with Crippen LogP contribution in [0.1, 0.15) is 12.5 Å². The van der Waals surface area contributed by atoms with Crippen molar-refractivity contribution in [2.45, 2.75) is 12.3 Å². The van der Waals surface area contributed by atoms with Crippen molar-refractivity contribution in [1.29, 1.82) is 5.26 Å². The number of pyridine rings is 1. The molecule has 1 atom stereocenters. The summed E-state index contributed by atoms with van der Waals surface area (Å²) in [5.41, 5.74) is -0.106. The summed E-state index contributed by atoms with van der Waals surface area (Å²) in [7, 11) is 1.52. The van der Waals surface area contributed by atoms with Gasteiger partial charge in [0.1, 0.15) is 0 Å². The number of amides is 1. The maximum absolute atomic E-state index is 12.4. The highest BCUT2D eigenvalue weighted by molar-refractivity contribution is 6.01. The molecule has 0 saturated carbocycles. The fourth-order valence-electron chi connectivity index (χ4n) is 1.85. The van der Waals surface area contributed by atoms with Crippen molar-refractivity contribution in [3.63, 3.8) is 0 Å². The number of aromatic nitrogens is 1. The maximum Gasteiger partial charge on any atom is 0.249 e. The van der Waals surface area contributed by atoms with E-state index in [1.165, 1.54) is 13.3 Å². The summed E-state index contributed by atoms with van der Waals surface area (Å²) >= 11 is 0. The minimum absolute atomic E-state index is 0.400. The van der Waals surface area contributed by atoms with E-state index in [0.29, 0.717) is 17.1 Å². The number of nitrogens with zero attached hydrogens (tertiary/aromatic N) is 2. The van der Waals surface area contributed by atoms with Crippen LogP contribution in [-0.2, 0) is 10.2 Å². The lowest BCUT2D eigenvalue weighted by Gasteiger charge is -2.21. The molecule has 0 bridgehead atoms. The van der Waals surface area contributed by atoms with Crippen LogP contribution in [0.3, 0.4) is 0 Å². The lowest BCUT2D eigenvalue weighted by atomic mass is 9.83. The second kappa shape index (κ2) is 6.06. The third-order valence-corrected chi connectivity index (χ3v) is 3.23. The zero-order chi connectivity index (χ0) is 15.3. The van der Waals surface area contributed by atoms with Crippen molar-refractivity contribution in [3.05, 3.63) is 54.2 Å². The van der Waals surface area contributed by atoms with E-state index in [-0.39, 0.29) is 0 Å². The Morgan fingerprint density at radius 1 is 1.29 bits per heavy atom. The average molecular weight is 281 g/mol. The van der Waals surface area contributed by atoms with E-state index >= 15 is 0 Å². The molecule has 1 aromatic heterocycles. The van der Waals surface area contributed by atoms with Crippen LogP contribution < -0.4 is 10.1 Å². The summed E-state index contributed by atoms with van der Waals surface area (Å²) < 4.78 is 4.96. The van der Waals surface area contributed by atoms with Crippen molar-refractivity contribution in [1.82, 2.24) is 4.98 Å². The minimum atomic E-state index is -1.26. The van der Waals surface area contributed by atoms with E-state index in [0.717, 1.165) is 0 Å². The Balaban J connectivity index is 2.23. The Labute approximate surface area is 123 Å². The SMILES string of the molecule is COc1ccc(NC(=O)C(C)(C#N)c2ccccc2)cn1. The van der Waals surface area contributed by atoms with Gasteiger partial charge in [0.15, 0.2) is 5.41 Å². The second-order valence-corrected chi connectivity index (χ2v) is 4.65. The Kier molecular flexibility index (Phi) is 4.19. The Morgan fingerprint density at radius 3 is 2.52 bits per heavy atom. The number of nitriles is 1. The number of anilines is 1. The molecule has 5 nitrogen and oxygen atoms in total. The summed E-state index contributed by atoms with van der Waals surface area (Å²) in [5, 5.41) is 12.1. The fraction of sp³-hybridized carbons (Fsp3) is 0.188. The number of rotatable bonds is 4. The van der Waals surface area contributed by atoms with Gasteiger partial charge in [-0.05, 0) is 18.6 Å². The van der Waals surface area contributed by atoms with Gasteiger partial charge in [-0.1, -0.05) is 30.3 Å². The molecule has 0 aliphatic carbocycles. The number of carbonyl (C=O) groups is 1. The van der Waals surface area contributed by atoms with E-state index in [9.17, 15) is 10.1 Å². The molecule has 1 heterocycles. The largest absolute Gasteiger partial charge is 0.481 e. The van der Waals surface area contributed by atoms with E-state index in [4.69, 9.17) is 4.74 Å². The van der Waals surface area contributed by atoms with Gasteiger partial charge in [-0.2, -0.15) is 5.26 Å². The van der Waals surface area contributed by atoms with E-state index in [1.54, 1.807) is 43.3 Å². The lowest BCUT2D eigenvalue weighted by Crippen LogP contribution is -2.36. The zero-order valence-electron chi connectivity index (χ0n) is 11.8. The number of benzene rings is 1. The van der Waals surface area contributed by atoms with Crippen molar-refractivity contribution in [2.75, 3.05) is 12.4 Å². The molecule has 0 radical (unpaired) electrons. The molecule has 0 spiro atoms. The molecule has 2 aromatic rings. The van der Waals surface area contributed by atoms with Gasteiger partial charge in [-0.3, -0.25) is 4.79 Å². The molecule has 0 aliphatic heterocycles. The van der Waals surface area contributed by atoms with Gasteiger partial charge in [0.05, 0.1) is 25.1 Å². The van der Waals surface area contributed by atoms with Crippen LogP contribution >= 0.6 is 0 Å². The first kappa shape index (κ1) is 14.5. The Hall–Kier alpha value is -2.87. The Bertz CT molecular complexity index is 662. The first-order valence-electron chi connectivity index (χ1n) is 6.38. The zero-order valence-corrected chi connectivity index (χ0v) is 11.8. The predicted molar refractivity (Wildman–Crippen MR) is 78.8 cm³/mol. The molecule has 1 unspecified atom stereocenters. The molecule has 0 aliphatic rings. The van der Waals surface area contributed by atoms with Crippen molar-refractivity contribution < 1.29 is 9.53 Å². The van der Waals surface area contributed by atoms with Crippen LogP contribution in [-0.4, -0.2) is 18.0 Å². The average Bonchev–Trinajstić information content (AvgIpc) is 2.55. The molecular formula is C16H15N3O2. The summed E-state index contributed by atoms with van der Waals surface area (Å²) in [6.07, 6.45) is 1.49. The van der Waals surface area contributed by atoms with Crippen LogP contribution in [0.15, 0.2) is 48.7 Å². The molecule has 1 aromatic carbocycles. The minimum Gasteiger partial charge on any atom is -0.481 e. The molecule has 0 saturated heterocycles. The quantitative estimate of drug-likeness (QED) is 0.934. The monoisotopic (exact) mass is 281 g/mol. The number of nitrogens with one attached hydrogen (secondary N) is 1. The van der Waals surface area contributed by atoms with E-state index in [1.807, 2.05) is 6.07 Å². The standard InChI is InChI=1S/C16H15N3O2/c1-16(11-17,12-6-4-3-5-7-12)15(20)19-13-8-9-14(21-2)18-10-13/h3-10H,1-2H3,(H,19,20). The Morgan fingerprint density at radius 2 is 2.00 bits per heavy atom. The molecule has 1 amide bonds. The first-order valence-corrected chi connectivity index (χ1v) is 6.38. The summed E-state index contributed by atoms with van der Waals surface area (Å²) in [4.78, 5) is 16.4. The van der Waals surface area contributed by atoms with E-state index in [2.05, 4.69) is 16.4 Å². The van der Waals surface area contributed by atoms with Gasteiger partial charge in [0.2, 0.25) is 11.8 Å². The molecule has 2 rings (SSSR count). The summed E-state index contributed by atoms with van der Waals surface area (Å²) in [5.74, 6) is 0.0577. The van der Waals surface area contributed by atoms with Crippen LogP contribution in [0.4, 0.5) is 5.69 Å². The van der Waals surface area contributed by atoms with Crippen molar-refractivity contribution in [3.8, 4) is 11.9 Å². The third-order valence-electron chi connectivity index (χ3n) is 3.23. The highest BCUT2D eigenvalue weighted by Crippen LogP contribution is 2.25. The molecular weight excluding hydrogens is 266 g/mol. The van der Waals surface area contributed by atoms with Crippen LogP contribution in [0.2, 0.25) is 0 Å². The van der Waals surface area contributed by atoms with Gasteiger partial charge in [0.25, 0.3) is 0 Å². The highest BCUT2D eigenvalue weighted by Gasteiger charge is 2.35. The molecule has 0 fully saturated rings. The maximum atomic E-state index is 12.4. The molecule has 106 valence electrons. The molecule has 1 N–H and O–H groups in total. The molecule has 5 heteroatoms. The number of carbonyl (C=O) groups excluding carboxylic acids is 1. The van der Waals surface area contributed by atoms with Gasteiger partial charge in [0, 0.05) is 6.07 Å². The van der Waals surface area contributed by atoms with Gasteiger partial charge in [-0.15, -0.1) is 0 Å².